The van der Waals surface area contributed by atoms with Crippen LogP contribution < -0.4 is 4.90 Å². The highest BCUT2D eigenvalue weighted by atomic mass is 16.3. The van der Waals surface area contributed by atoms with Crippen LogP contribution in [0.15, 0.2) is 42.7 Å². The minimum absolute atomic E-state index is 0.216. The summed E-state index contributed by atoms with van der Waals surface area (Å²) in [6.45, 7) is 7.87. The maximum Gasteiger partial charge on any atom is 0.129 e. The van der Waals surface area contributed by atoms with Gasteiger partial charge in [0.15, 0.2) is 0 Å². The van der Waals surface area contributed by atoms with Gasteiger partial charge in [0.2, 0.25) is 0 Å². The lowest BCUT2D eigenvalue weighted by Crippen LogP contribution is -2.22. The molecule has 26 heavy (non-hydrogen) atoms. The number of aromatic nitrogens is 2. The maximum atomic E-state index is 10.6. The molecule has 4 rings (SSSR count). The van der Waals surface area contributed by atoms with Crippen molar-refractivity contribution in [3.05, 3.63) is 65.0 Å². The average molecular weight is 347 g/mol. The Labute approximate surface area is 154 Å². The molecule has 0 unspecified atom stereocenters. The third kappa shape index (κ3) is 3.06. The van der Waals surface area contributed by atoms with Crippen molar-refractivity contribution >= 4 is 16.7 Å². The summed E-state index contributed by atoms with van der Waals surface area (Å²) in [5.74, 6) is 1.19. The number of hydrogen-bond donors (Lipinski definition) is 1. The Morgan fingerprint density at radius 1 is 1.04 bits per heavy atom. The molecule has 2 aromatic heterocycles. The highest BCUT2D eigenvalue weighted by molar-refractivity contribution is 5.87. The van der Waals surface area contributed by atoms with E-state index in [0.717, 1.165) is 24.3 Å². The molecule has 1 saturated heterocycles. The molecule has 0 amide bonds. The van der Waals surface area contributed by atoms with Gasteiger partial charge in [-0.25, -0.2) is 4.98 Å². The number of benzene rings is 1. The topological polar surface area (TPSA) is 49.2 Å². The van der Waals surface area contributed by atoms with Gasteiger partial charge in [-0.1, -0.05) is 12.1 Å². The van der Waals surface area contributed by atoms with Crippen molar-refractivity contribution < 1.29 is 5.11 Å². The molecule has 0 radical (unpaired) electrons. The summed E-state index contributed by atoms with van der Waals surface area (Å²) in [4.78, 5) is 11.3. The number of β-amino-alcohol motifs (C(OH)–C–C–N with tert-alkyl or cyclic N) is 1. The van der Waals surface area contributed by atoms with Crippen molar-refractivity contribution in [1.82, 2.24) is 9.97 Å². The number of aliphatic hydroxyl groups is 1. The summed E-state index contributed by atoms with van der Waals surface area (Å²) in [5, 5.41) is 11.8. The van der Waals surface area contributed by atoms with Gasteiger partial charge in [0, 0.05) is 36.8 Å². The van der Waals surface area contributed by atoms with E-state index in [4.69, 9.17) is 4.98 Å². The monoisotopic (exact) mass is 347 g/mol. The second-order valence-electron chi connectivity index (χ2n) is 7.49. The van der Waals surface area contributed by atoms with Crippen LogP contribution in [0.1, 0.15) is 22.3 Å². The van der Waals surface area contributed by atoms with Crippen LogP contribution in [0.2, 0.25) is 0 Å². The van der Waals surface area contributed by atoms with Crippen LogP contribution in [0.25, 0.3) is 10.9 Å². The number of fused-ring (bicyclic) bond motifs is 1. The number of aliphatic hydroxyl groups excluding tert-OH is 1. The second-order valence-corrected chi connectivity index (χ2v) is 7.49. The number of aryl methyl sites for hydroxylation is 3. The number of nitrogens with zero attached hydrogens (tertiary/aromatic N) is 3. The number of rotatable bonds is 3. The Morgan fingerprint density at radius 2 is 1.81 bits per heavy atom. The molecular weight excluding hydrogens is 322 g/mol. The molecule has 1 fully saturated rings. The number of anilines is 1. The summed E-state index contributed by atoms with van der Waals surface area (Å²) in [5.41, 5.74) is 6.03. The fourth-order valence-corrected chi connectivity index (χ4v) is 3.91. The first kappa shape index (κ1) is 17.0. The molecule has 2 atom stereocenters. The molecule has 0 aliphatic carbocycles. The molecule has 1 aliphatic rings. The van der Waals surface area contributed by atoms with E-state index >= 15 is 0 Å². The molecule has 1 N–H and O–H groups in total. The molecule has 3 heterocycles. The van der Waals surface area contributed by atoms with Crippen LogP contribution in [0.5, 0.6) is 0 Å². The molecular formula is C22H25N3O. The Kier molecular flexibility index (Phi) is 4.37. The molecule has 134 valence electrons. The molecule has 1 aromatic carbocycles. The summed E-state index contributed by atoms with van der Waals surface area (Å²) in [7, 11) is 0. The van der Waals surface area contributed by atoms with Crippen LogP contribution >= 0.6 is 0 Å². The first-order valence-corrected chi connectivity index (χ1v) is 9.22. The Hall–Kier alpha value is -2.46. The summed E-state index contributed by atoms with van der Waals surface area (Å²) in [6.07, 6.45) is 4.16. The predicted octanol–water partition coefficient (Wildman–Crippen LogP) is 3.59. The van der Waals surface area contributed by atoms with E-state index in [1.54, 1.807) is 0 Å². The maximum absolute atomic E-state index is 10.6. The normalized spacial score (nSPS) is 20.1. The quantitative estimate of drug-likeness (QED) is 0.786. The zero-order valence-corrected chi connectivity index (χ0v) is 15.6. The van der Waals surface area contributed by atoms with Crippen LogP contribution in [0.3, 0.4) is 0 Å². The highest BCUT2D eigenvalue weighted by Gasteiger charge is 2.32. The van der Waals surface area contributed by atoms with E-state index in [-0.39, 0.29) is 12.0 Å². The van der Waals surface area contributed by atoms with E-state index in [2.05, 4.69) is 48.9 Å². The van der Waals surface area contributed by atoms with E-state index in [0.29, 0.717) is 6.54 Å². The van der Waals surface area contributed by atoms with E-state index in [9.17, 15) is 5.11 Å². The van der Waals surface area contributed by atoms with Gasteiger partial charge in [0.05, 0.1) is 11.6 Å². The first-order valence-electron chi connectivity index (χ1n) is 9.22. The Morgan fingerprint density at radius 3 is 2.58 bits per heavy atom. The predicted molar refractivity (Wildman–Crippen MR) is 106 cm³/mol. The third-order valence-electron chi connectivity index (χ3n) is 5.68. The molecule has 0 spiro atoms. The summed E-state index contributed by atoms with van der Waals surface area (Å²) >= 11 is 0. The summed E-state index contributed by atoms with van der Waals surface area (Å²) < 4.78 is 0. The van der Waals surface area contributed by atoms with Gasteiger partial charge in [-0.15, -0.1) is 0 Å². The standard InChI is InChI=1S/C22H25N3O/c1-14-4-5-19-15(2)10-21(24-22(19)16(14)3)25-12-18(20(26)13-25)11-17-6-8-23-9-7-17/h4-10,18,20,26H,11-13H2,1-3H3/t18-,20-/m1/s1. The zero-order chi connectivity index (χ0) is 18.3. The minimum atomic E-state index is -0.334. The van der Waals surface area contributed by atoms with Crippen LogP contribution in [0, 0.1) is 26.7 Å². The van der Waals surface area contributed by atoms with Crippen LogP contribution in [-0.4, -0.2) is 34.3 Å². The largest absolute Gasteiger partial charge is 0.391 e. The Balaban J connectivity index is 1.63. The molecule has 4 nitrogen and oxygen atoms in total. The van der Waals surface area contributed by atoms with Gasteiger partial charge in [0.25, 0.3) is 0 Å². The van der Waals surface area contributed by atoms with Gasteiger partial charge in [-0.3, -0.25) is 4.98 Å². The van der Waals surface area contributed by atoms with E-state index in [1.165, 1.54) is 27.6 Å². The van der Waals surface area contributed by atoms with Gasteiger partial charge in [0.1, 0.15) is 5.82 Å². The lowest BCUT2D eigenvalue weighted by atomic mass is 9.97. The molecule has 3 aromatic rings. The highest BCUT2D eigenvalue weighted by Crippen LogP contribution is 2.30. The lowest BCUT2D eigenvalue weighted by molar-refractivity contribution is 0.148. The minimum Gasteiger partial charge on any atom is -0.391 e. The average Bonchev–Trinajstić information content (AvgIpc) is 3.00. The van der Waals surface area contributed by atoms with Crippen molar-refractivity contribution in [3.63, 3.8) is 0 Å². The first-order chi connectivity index (χ1) is 12.5. The van der Waals surface area contributed by atoms with Crippen molar-refractivity contribution in [2.75, 3.05) is 18.0 Å². The smallest absolute Gasteiger partial charge is 0.129 e. The summed E-state index contributed by atoms with van der Waals surface area (Å²) in [6, 6.07) is 10.5. The van der Waals surface area contributed by atoms with Gasteiger partial charge >= 0.3 is 0 Å². The van der Waals surface area contributed by atoms with Crippen molar-refractivity contribution in [3.8, 4) is 0 Å². The number of pyridine rings is 2. The second kappa shape index (κ2) is 6.69. The third-order valence-corrected chi connectivity index (χ3v) is 5.68. The molecule has 0 saturated carbocycles. The molecule has 0 bridgehead atoms. The van der Waals surface area contributed by atoms with Gasteiger partial charge in [-0.2, -0.15) is 0 Å². The fraction of sp³-hybridized carbons (Fsp3) is 0.364. The van der Waals surface area contributed by atoms with Crippen LogP contribution in [-0.2, 0) is 6.42 Å². The Bertz CT molecular complexity index is 939. The lowest BCUT2D eigenvalue weighted by Gasteiger charge is -2.19. The molecule has 1 aliphatic heterocycles. The van der Waals surface area contributed by atoms with Crippen molar-refractivity contribution in [2.24, 2.45) is 5.92 Å². The molecule has 4 heteroatoms. The van der Waals surface area contributed by atoms with Crippen molar-refractivity contribution in [1.29, 1.82) is 0 Å². The number of hydrogen-bond acceptors (Lipinski definition) is 4. The SMILES string of the molecule is Cc1ccc2c(C)cc(N3C[C@@H](Cc4ccncc4)[C@H](O)C3)nc2c1C. The van der Waals surface area contributed by atoms with Crippen LogP contribution in [0.4, 0.5) is 5.82 Å². The van der Waals surface area contributed by atoms with Crippen molar-refractivity contribution in [2.45, 2.75) is 33.3 Å². The van der Waals surface area contributed by atoms with E-state index in [1.807, 2.05) is 24.5 Å². The zero-order valence-electron chi connectivity index (χ0n) is 15.6. The van der Waals surface area contributed by atoms with E-state index < -0.39 is 0 Å². The fourth-order valence-electron chi connectivity index (χ4n) is 3.91. The van der Waals surface area contributed by atoms with Gasteiger partial charge < -0.3 is 10.0 Å². The van der Waals surface area contributed by atoms with Gasteiger partial charge in [-0.05, 0) is 67.6 Å².